The molecular formula is C32H34N6O4. The summed E-state index contributed by atoms with van der Waals surface area (Å²) in [6.45, 7) is 4.02. The van der Waals surface area contributed by atoms with E-state index in [0.717, 1.165) is 23.7 Å². The van der Waals surface area contributed by atoms with Crippen LogP contribution in [0.3, 0.4) is 0 Å². The minimum Gasteiger partial charge on any atom is -0.497 e. The predicted octanol–water partition coefficient (Wildman–Crippen LogP) is 5.72. The molecule has 3 heterocycles. The summed E-state index contributed by atoms with van der Waals surface area (Å²) in [5, 5.41) is 0. The second-order valence-electron chi connectivity index (χ2n) is 10.1. The van der Waals surface area contributed by atoms with Gasteiger partial charge in [0.15, 0.2) is 17.1 Å². The van der Waals surface area contributed by atoms with Crippen LogP contribution in [-0.4, -0.2) is 59.0 Å². The number of anilines is 1. The zero-order valence-corrected chi connectivity index (χ0v) is 24.3. The van der Waals surface area contributed by atoms with E-state index in [1.807, 2.05) is 60.0 Å². The first-order valence-corrected chi connectivity index (χ1v) is 14.1. The van der Waals surface area contributed by atoms with Crippen molar-refractivity contribution in [2.75, 3.05) is 39.4 Å². The average molecular weight is 567 g/mol. The highest BCUT2D eigenvalue weighted by molar-refractivity contribution is 5.80. The van der Waals surface area contributed by atoms with E-state index < -0.39 is 0 Å². The number of imidazole rings is 1. The Balaban J connectivity index is 1.52. The van der Waals surface area contributed by atoms with Crippen molar-refractivity contribution in [1.82, 2.24) is 24.5 Å². The average Bonchev–Trinajstić information content (AvgIpc) is 3.77. The van der Waals surface area contributed by atoms with Crippen molar-refractivity contribution in [3.05, 3.63) is 72.4 Å². The maximum absolute atomic E-state index is 5.81. The van der Waals surface area contributed by atoms with E-state index in [-0.39, 0.29) is 0 Å². The van der Waals surface area contributed by atoms with Crippen molar-refractivity contribution in [2.45, 2.75) is 26.3 Å². The summed E-state index contributed by atoms with van der Waals surface area (Å²) >= 11 is 0. The highest BCUT2D eigenvalue weighted by Crippen LogP contribution is 2.38. The first kappa shape index (κ1) is 27.3. The Morgan fingerprint density at radius 1 is 0.857 bits per heavy atom. The molecule has 0 saturated heterocycles. The van der Waals surface area contributed by atoms with Gasteiger partial charge in [0.1, 0.15) is 34.4 Å². The number of pyridine rings is 1. The summed E-state index contributed by atoms with van der Waals surface area (Å²) in [6, 6.07) is 19.4. The number of hydrogen-bond acceptors (Lipinski definition) is 9. The predicted molar refractivity (Wildman–Crippen MR) is 161 cm³/mol. The third-order valence-electron chi connectivity index (χ3n) is 7.26. The van der Waals surface area contributed by atoms with Crippen LogP contribution in [-0.2, 0) is 6.54 Å². The van der Waals surface area contributed by atoms with Crippen LogP contribution in [0.1, 0.15) is 25.3 Å². The first-order chi connectivity index (χ1) is 20.6. The molecule has 0 amide bonds. The molecule has 1 aliphatic rings. The topological polar surface area (TPSA) is 96.7 Å². The third kappa shape index (κ3) is 5.52. The fourth-order valence-electron chi connectivity index (χ4n) is 5.00. The molecule has 0 spiro atoms. The maximum atomic E-state index is 5.81. The van der Waals surface area contributed by atoms with E-state index in [9.17, 15) is 0 Å². The van der Waals surface area contributed by atoms with Crippen LogP contribution >= 0.6 is 0 Å². The SMILES string of the molecule is CCOc1cccc(-c2nc3ncc(N(Cc4ccc(OC)cc4)CC4CC4)nc3n2-c2c(OC)cccc2OC)n1. The highest BCUT2D eigenvalue weighted by Gasteiger charge is 2.28. The number of nitrogens with zero attached hydrogens (tertiary/aromatic N) is 6. The number of ether oxygens (including phenoxy) is 4. The second kappa shape index (κ2) is 11.9. The molecule has 1 fully saturated rings. The quantitative estimate of drug-likeness (QED) is 0.188. The number of fused-ring (bicyclic) bond motifs is 1. The molecule has 5 aromatic rings. The standard InChI is InChI=1S/C32H34N6O4/c1-5-42-28-11-6-8-24(34-28)31-36-30-32(38(31)29-25(40-3)9-7-10-26(29)41-4)35-27(18-33-30)37(19-21-12-13-21)20-22-14-16-23(39-2)17-15-22/h6-11,14-18,21H,5,12-13,19-20H2,1-4H3. The Labute approximate surface area is 244 Å². The van der Waals surface area contributed by atoms with Crippen LogP contribution in [0.4, 0.5) is 5.82 Å². The van der Waals surface area contributed by atoms with Crippen LogP contribution in [0, 0.1) is 5.92 Å². The minimum absolute atomic E-state index is 0.487. The molecule has 10 nitrogen and oxygen atoms in total. The van der Waals surface area contributed by atoms with Crippen molar-refractivity contribution < 1.29 is 18.9 Å². The third-order valence-corrected chi connectivity index (χ3v) is 7.26. The van der Waals surface area contributed by atoms with Gasteiger partial charge >= 0.3 is 0 Å². The normalized spacial score (nSPS) is 12.8. The van der Waals surface area contributed by atoms with E-state index >= 15 is 0 Å². The summed E-state index contributed by atoms with van der Waals surface area (Å²) in [5.41, 5.74) is 3.50. The van der Waals surface area contributed by atoms with Crippen molar-refractivity contribution in [3.8, 4) is 40.3 Å². The molecule has 0 bridgehead atoms. The molecule has 0 radical (unpaired) electrons. The lowest BCUT2D eigenvalue weighted by Gasteiger charge is -2.24. The zero-order valence-electron chi connectivity index (χ0n) is 24.3. The van der Waals surface area contributed by atoms with E-state index in [0.29, 0.717) is 64.9 Å². The second-order valence-corrected chi connectivity index (χ2v) is 10.1. The van der Waals surface area contributed by atoms with Crippen LogP contribution in [0.15, 0.2) is 66.9 Å². The van der Waals surface area contributed by atoms with E-state index in [2.05, 4.69) is 17.0 Å². The Morgan fingerprint density at radius 3 is 2.26 bits per heavy atom. The van der Waals surface area contributed by atoms with Crippen LogP contribution < -0.4 is 23.8 Å². The summed E-state index contributed by atoms with van der Waals surface area (Å²) in [5.74, 6) is 4.52. The Morgan fingerprint density at radius 2 is 1.60 bits per heavy atom. The van der Waals surface area contributed by atoms with E-state index in [4.69, 9.17) is 38.9 Å². The lowest BCUT2D eigenvalue weighted by Crippen LogP contribution is -2.26. The number of methoxy groups -OCH3 is 3. The highest BCUT2D eigenvalue weighted by atomic mass is 16.5. The molecule has 0 N–H and O–H groups in total. The number of aromatic nitrogens is 5. The molecule has 2 aromatic carbocycles. The molecule has 6 rings (SSSR count). The van der Waals surface area contributed by atoms with Gasteiger partial charge < -0.3 is 23.8 Å². The van der Waals surface area contributed by atoms with Crippen molar-refractivity contribution in [3.63, 3.8) is 0 Å². The largest absolute Gasteiger partial charge is 0.497 e. The minimum atomic E-state index is 0.487. The molecule has 10 heteroatoms. The van der Waals surface area contributed by atoms with Crippen LogP contribution in [0.2, 0.25) is 0 Å². The van der Waals surface area contributed by atoms with Gasteiger partial charge in [-0.3, -0.25) is 4.57 Å². The molecule has 0 atom stereocenters. The van der Waals surface area contributed by atoms with Gasteiger partial charge in [-0.05, 0) is 61.6 Å². The summed E-state index contributed by atoms with van der Waals surface area (Å²) in [4.78, 5) is 21.9. The van der Waals surface area contributed by atoms with Crippen molar-refractivity contribution in [2.24, 2.45) is 5.92 Å². The van der Waals surface area contributed by atoms with E-state index in [1.54, 1.807) is 27.5 Å². The van der Waals surface area contributed by atoms with Gasteiger partial charge in [0.2, 0.25) is 5.88 Å². The molecule has 1 saturated carbocycles. The summed E-state index contributed by atoms with van der Waals surface area (Å²) < 4.78 is 24.6. The monoisotopic (exact) mass is 566 g/mol. The van der Waals surface area contributed by atoms with Crippen LogP contribution in [0.25, 0.3) is 28.5 Å². The molecular weight excluding hydrogens is 532 g/mol. The number of hydrogen-bond donors (Lipinski definition) is 0. The van der Waals surface area contributed by atoms with Gasteiger partial charge in [-0.2, -0.15) is 0 Å². The van der Waals surface area contributed by atoms with E-state index in [1.165, 1.54) is 12.8 Å². The molecule has 42 heavy (non-hydrogen) atoms. The van der Waals surface area contributed by atoms with Gasteiger partial charge in [0, 0.05) is 19.2 Å². The molecule has 3 aromatic heterocycles. The Kier molecular flexibility index (Phi) is 7.76. The fourth-order valence-corrected chi connectivity index (χ4v) is 5.00. The Hall–Kier alpha value is -4.86. The number of para-hydroxylation sites is 1. The van der Waals surface area contributed by atoms with Crippen molar-refractivity contribution >= 4 is 17.1 Å². The van der Waals surface area contributed by atoms with Crippen molar-refractivity contribution in [1.29, 1.82) is 0 Å². The fraction of sp³-hybridized carbons (Fsp3) is 0.312. The molecule has 1 aliphatic carbocycles. The smallest absolute Gasteiger partial charge is 0.213 e. The summed E-state index contributed by atoms with van der Waals surface area (Å²) in [6.07, 6.45) is 4.24. The van der Waals surface area contributed by atoms with Gasteiger partial charge in [-0.15, -0.1) is 0 Å². The van der Waals surface area contributed by atoms with Gasteiger partial charge in [0.25, 0.3) is 0 Å². The van der Waals surface area contributed by atoms with Gasteiger partial charge in [-0.25, -0.2) is 19.9 Å². The van der Waals surface area contributed by atoms with Gasteiger partial charge in [0.05, 0.1) is 34.1 Å². The maximum Gasteiger partial charge on any atom is 0.213 e. The van der Waals surface area contributed by atoms with Crippen LogP contribution in [0.5, 0.6) is 23.1 Å². The molecule has 0 unspecified atom stereocenters. The zero-order chi connectivity index (χ0) is 29.1. The summed E-state index contributed by atoms with van der Waals surface area (Å²) in [7, 11) is 4.94. The number of benzene rings is 2. The molecule has 216 valence electrons. The lowest BCUT2D eigenvalue weighted by atomic mass is 10.2. The lowest BCUT2D eigenvalue weighted by molar-refractivity contribution is 0.327. The first-order valence-electron chi connectivity index (χ1n) is 14.1. The van der Waals surface area contributed by atoms with Gasteiger partial charge in [-0.1, -0.05) is 24.3 Å². The Bertz CT molecular complexity index is 1660. The number of rotatable bonds is 12. The molecule has 0 aliphatic heterocycles.